The molecule has 0 unspecified atom stereocenters. The topological polar surface area (TPSA) is 64.9 Å². The van der Waals surface area contributed by atoms with Gasteiger partial charge in [0.25, 0.3) is 5.91 Å². The number of hydrogen-bond acceptors (Lipinski definition) is 4. The van der Waals surface area contributed by atoms with E-state index in [0.29, 0.717) is 24.4 Å². The van der Waals surface area contributed by atoms with E-state index < -0.39 is 0 Å². The molecule has 0 aliphatic carbocycles. The molecule has 3 heterocycles. The van der Waals surface area contributed by atoms with Crippen molar-refractivity contribution >= 4 is 27.5 Å². The Bertz CT molecular complexity index is 1010. The number of amides is 1. The Morgan fingerprint density at radius 2 is 2.12 bits per heavy atom. The third kappa shape index (κ3) is 2.92. The van der Waals surface area contributed by atoms with Gasteiger partial charge in [0.15, 0.2) is 11.5 Å². The number of aromatic nitrogens is 2. The Morgan fingerprint density at radius 3 is 2.92 bits per heavy atom. The molecule has 134 valence electrons. The fourth-order valence-corrected chi connectivity index (χ4v) is 3.67. The van der Waals surface area contributed by atoms with Crippen LogP contribution in [0.25, 0.3) is 5.65 Å². The third-order valence-corrected chi connectivity index (χ3v) is 4.82. The number of nitrogens with zero attached hydrogens (tertiary/aromatic N) is 2. The molecule has 26 heavy (non-hydrogen) atoms. The quantitative estimate of drug-likeness (QED) is 0.706. The summed E-state index contributed by atoms with van der Waals surface area (Å²) in [6, 6.07) is 7.66. The predicted octanol–water partition coefficient (Wildman–Crippen LogP) is 3.63. The number of imidazole rings is 1. The summed E-state index contributed by atoms with van der Waals surface area (Å²) in [5.41, 5.74) is 4.14. The number of benzene rings is 1. The smallest absolute Gasteiger partial charge is 0.270 e. The Morgan fingerprint density at radius 1 is 1.31 bits per heavy atom. The maximum absolute atomic E-state index is 12.9. The highest BCUT2D eigenvalue weighted by atomic mass is 79.9. The van der Waals surface area contributed by atoms with E-state index in [-0.39, 0.29) is 12.7 Å². The van der Waals surface area contributed by atoms with Crippen molar-refractivity contribution in [2.45, 2.75) is 26.8 Å². The van der Waals surface area contributed by atoms with E-state index in [2.05, 4.69) is 26.2 Å². The van der Waals surface area contributed by atoms with Gasteiger partial charge < -0.3 is 14.8 Å². The lowest BCUT2D eigenvalue weighted by Gasteiger charge is -2.08. The molecule has 0 bridgehead atoms. The van der Waals surface area contributed by atoms with Gasteiger partial charge in [-0.3, -0.25) is 9.20 Å². The van der Waals surface area contributed by atoms with Gasteiger partial charge in [-0.2, -0.15) is 0 Å². The van der Waals surface area contributed by atoms with Gasteiger partial charge in [0.05, 0.1) is 5.69 Å². The van der Waals surface area contributed by atoms with E-state index in [9.17, 15) is 4.79 Å². The molecule has 3 aromatic rings. The summed E-state index contributed by atoms with van der Waals surface area (Å²) in [6.07, 6.45) is 2.56. The molecule has 0 atom stereocenters. The largest absolute Gasteiger partial charge is 0.454 e. The van der Waals surface area contributed by atoms with Crippen LogP contribution in [0.1, 0.15) is 34.2 Å². The predicted molar refractivity (Wildman–Crippen MR) is 101 cm³/mol. The number of hydrogen-bond donors (Lipinski definition) is 1. The van der Waals surface area contributed by atoms with Crippen LogP contribution in [0.4, 0.5) is 0 Å². The second-order valence-electron chi connectivity index (χ2n) is 6.17. The van der Waals surface area contributed by atoms with Crippen LogP contribution in [-0.4, -0.2) is 22.1 Å². The molecule has 1 aliphatic heterocycles. The first kappa shape index (κ1) is 16.9. The molecule has 0 spiro atoms. The van der Waals surface area contributed by atoms with Crippen molar-refractivity contribution in [1.82, 2.24) is 14.7 Å². The summed E-state index contributed by atoms with van der Waals surface area (Å²) in [5.74, 6) is 1.29. The highest BCUT2D eigenvalue weighted by Crippen LogP contribution is 2.32. The molecule has 1 aliphatic rings. The minimum absolute atomic E-state index is 0.149. The molecular formula is C19H18BrN3O3. The van der Waals surface area contributed by atoms with Crippen molar-refractivity contribution in [3.8, 4) is 11.5 Å². The van der Waals surface area contributed by atoms with Crippen LogP contribution >= 0.6 is 15.9 Å². The van der Waals surface area contributed by atoms with Crippen LogP contribution in [0, 0.1) is 6.92 Å². The number of carbonyl (C=O) groups is 1. The summed E-state index contributed by atoms with van der Waals surface area (Å²) < 4.78 is 13.5. The second-order valence-corrected chi connectivity index (χ2v) is 7.08. The van der Waals surface area contributed by atoms with Gasteiger partial charge in [0.1, 0.15) is 11.3 Å². The molecule has 6 nitrogen and oxygen atoms in total. The fraction of sp³-hybridized carbons (Fsp3) is 0.263. The molecule has 1 N–H and O–H groups in total. The average Bonchev–Trinajstić information content (AvgIpc) is 3.23. The van der Waals surface area contributed by atoms with E-state index in [0.717, 1.165) is 32.7 Å². The normalized spacial score (nSPS) is 12.6. The maximum Gasteiger partial charge on any atom is 0.270 e. The summed E-state index contributed by atoms with van der Waals surface area (Å²) in [7, 11) is 0. The van der Waals surface area contributed by atoms with Crippen LogP contribution in [0.3, 0.4) is 0 Å². The maximum atomic E-state index is 12.9. The van der Waals surface area contributed by atoms with Gasteiger partial charge in [0, 0.05) is 17.2 Å². The number of aryl methyl sites for hydroxylation is 2. The Labute approximate surface area is 159 Å². The van der Waals surface area contributed by atoms with Crippen LogP contribution in [0.5, 0.6) is 11.5 Å². The van der Waals surface area contributed by atoms with Crippen LogP contribution in [-0.2, 0) is 13.0 Å². The zero-order valence-corrected chi connectivity index (χ0v) is 16.1. The second kappa shape index (κ2) is 6.64. The van der Waals surface area contributed by atoms with Gasteiger partial charge in [-0.1, -0.05) is 13.0 Å². The standard InChI is InChI=1S/C19H18BrN3O3/c1-3-14-17(23-9-13(20)6-11(2)18(23)22-14)19(24)21-8-12-4-5-15-16(7-12)26-10-25-15/h4-7,9H,3,8,10H2,1-2H3,(H,21,24). The molecule has 1 aromatic carbocycles. The van der Waals surface area contributed by atoms with Gasteiger partial charge in [-0.15, -0.1) is 0 Å². The van der Waals surface area contributed by atoms with E-state index in [1.807, 2.05) is 48.7 Å². The van der Waals surface area contributed by atoms with Crippen LogP contribution in [0.15, 0.2) is 34.9 Å². The average molecular weight is 416 g/mol. The van der Waals surface area contributed by atoms with E-state index in [1.54, 1.807) is 0 Å². The summed E-state index contributed by atoms with van der Waals surface area (Å²) in [4.78, 5) is 17.5. The third-order valence-electron chi connectivity index (χ3n) is 4.38. The molecule has 0 saturated carbocycles. The van der Waals surface area contributed by atoms with Gasteiger partial charge in [-0.25, -0.2) is 4.98 Å². The molecule has 0 saturated heterocycles. The van der Waals surface area contributed by atoms with Gasteiger partial charge in [0.2, 0.25) is 6.79 Å². The number of ether oxygens (including phenoxy) is 2. The molecule has 4 rings (SSSR count). The lowest BCUT2D eigenvalue weighted by atomic mass is 10.2. The zero-order valence-electron chi connectivity index (χ0n) is 14.5. The van der Waals surface area contributed by atoms with Crippen molar-refractivity contribution in [3.05, 3.63) is 57.4 Å². The molecular weight excluding hydrogens is 398 g/mol. The Balaban J connectivity index is 1.62. The van der Waals surface area contributed by atoms with Crippen molar-refractivity contribution in [1.29, 1.82) is 0 Å². The van der Waals surface area contributed by atoms with E-state index >= 15 is 0 Å². The first-order valence-corrected chi connectivity index (χ1v) is 9.20. The van der Waals surface area contributed by atoms with Crippen molar-refractivity contribution in [2.24, 2.45) is 0 Å². The van der Waals surface area contributed by atoms with E-state index in [4.69, 9.17) is 9.47 Å². The Hall–Kier alpha value is -2.54. The van der Waals surface area contributed by atoms with Gasteiger partial charge in [-0.05, 0) is 58.6 Å². The minimum atomic E-state index is -0.149. The SMILES string of the molecule is CCc1nc2c(C)cc(Br)cn2c1C(=O)NCc1ccc2c(c1)OCO2. The summed E-state index contributed by atoms with van der Waals surface area (Å²) in [6.45, 7) is 4.63. The van der Waals surface area contributed by atoms with Crippen molar-refractivity contribution < 1.29 is 14.3 Å². The first-order chi connectivity index (χ1) is 12.6. The monoisotopic (exact) mass is 415 g/mol. The lowest BCUT2D eigenvalue weighted by molar-refractivity contribution is 0.0944. The number of halogens is 1. The number of carbonyl (C=O) groups excluding carboxylic acids is 1. The number of fused-ring (bicyclic) bond motifs is 2. The molecule has 1 amide bonds. The summed E-state index contributed by atoms with van der Waals surface area (Å²) >= 11 is 3.50. The fourth-order valence-electron chi connectivity index (χ4n) is 3.12. The zero-order chi connectivity index (χ0) is 18.3. The molecule has 0 radical (unpaired) electrons. The summed E-state index contributed by atoms with van der Waals surface area (Å²) in [5, 5.41) is 2.99. The highest BCUT2D eigenvalue weighted by Gasteiger charge is 2.20. The Kier molecular flexibility index (Phi) is 4.32. The lowest BCUT2D eigenvalue weighted by Crippen LogP contribution is -2.25. The van der Waals surface area contributed by atoms with Crippen LogP contribution in [0.2, 0.25) is 0 Å². The number of pyridine rings is 1. The van der Waals surface area contributed by atoms with E-state index in [1.165, 1.54) is 0 Å². The van der Waals surface area contributed by atoms with Crippen LogP contribution < -0.4 is 14.8 Å². The number of rotatable bonds is 4. The van der Waals surface area contributed by atoms with Gasteiger partial charge >= 0.3 is 0 Å². The number of nitrogens with one attached hydrogen (secondary N) is 1. The highest BCUT2D eigenvalue weighted by molar-refractivity contribution is 9.10. The molecule has 0 fully saturated rings. The minimum Gasteiger partial charge on any atom is -0.454 e. The van der Waals surface area contributed by atoms with Crippen molar-refractivity contribution in [2.75, 3.05) is 6.79 Å². The molecule has 2 aromatic heterocycles. The van der Waals surface area contributed by atoms with Crippen molar-refractivity contribution in [3.63, 3.8) is 0 Å². The first-order valence-electron chi connectivity index (χ1n) is 8.40. The molecule has 7 heteroatoms.